The van der Waals surface area contributed by atoms with Crippen molar-refractivity contribution in [3.05, 3.63) is 64.5 Å². The van der Waals surface area contributed by atoms with Gasteiger partial charge < -0.3 is 9.88 Å². The molecule has 0 spiro atoms. The lowest BCUT2D eigenvalue weighted by Gasteiger charge is -2.35. The molecule has 0 bridgehead atoms. The second-order valence-electron chi connectivity index (χ2n) is 9.02. The molecule has 29 heavy (non-hydrogen) atoms. The second-order valence-corrected chi connectivity index (χ2v) is 9.02. The standard InChI is InChI=1S/C25H30N2O2/c1-6-7-12-27-19-11-9-8-10-18(19)25(4,5)20(27)14-17-23(28)21(24(17)29)22-15(2)13-16(3)26-22/h8-11,13-14,20-21,26H,6-7,12H2,1-5H3. The van der Waals surface area contributed by atoms with Crippen LogP contribution in [0.4, 0.5) is 5.69 Å². The summed E-state index contributed by atoms with van der Waals surface area (Å²) in [6, 6.07) is 10.5. The molecule has 0 amide bonds. The van der Waals surface area contributed by atoms with Crippen LogP contribution in [0.15, 0.2) is 42.0 Å². The minimum atomic E-state index is -0.661. The first kappa shape index (κ1) is 19.7. The van der Waals surface area contributed by atoms with E-state index in [0.717, 1.165) is 36.3 Å². The van der Waals surface area contributed by atoms with Crippen LogP contribution >= 0.6 is 0 Å². The van der Waals surface area contributed by atoms with Gasteiger partial charge in [0.25, 0.3) is 0 Å². The number of nitrogens with one attached hydrogen (secondary N) is 1. The number of carbonyl (C=O) groups is 2. The van der Waals surface area contributed by atoms with Gasteiger partial charge in [-0.15, -0.1) is 0 Å². The van der Waals surface area contributed by atoms with Crippen molar-refractivity contribution in [1.29, 1.82) is 0 Å². The summed E-state index contributed by atoms with van der Waals surface area (Å²) in [4.78, 5) is 31.6. The number of Topliss-reactive ketones (excluding diaryl/α,β-unsaturated/α-hetero) is 2. The van der Waals surface area contributed by atoms with Crippen molar-refractivity contribution in [2.24, 2.45) is 0 Å². The summed E-state index contributed by atoms with van der Waals surface area (Å²) in [7, 11) is 0. The van der Waals surface area contributed by atoms with E-state index >= 15 is 0 Å². The van der Waals surface area contributed by atoms with Crippen molar-refractivity contribution in [3.63, 3.8) is 0 Å². The Morgan fingerprint density at radius 2 is 1.83 bits per heavy atom. The summed E-state index contributed by atoms with van der Waals surface area (Å²) in [5.74, 6) is -0.768. The number of carbonyl (C=O) groups excluding carboxylic acids is 2. The number of aryl methyl sites for hydroxylation is 2. The van der Waals surface area contributed by atoms with Crippen LogP contribution in [0.5, 0.6) is 0 Å². The first-order valence-electron chi connectivity index (χ1n) is 10.6. The number of benzene rings is 1. The van der Waals surface area contributed by atoms with Crippen molar-refractivity contribution >= 4 is 17.3 Å². The summed E-state index contributed by atoms with van der Waals surface area (Å²) in [6.45, 7) is 11.4. The molecule has 4 heteroatoms. The molecule has 1 fully saturated rings. The Hall–Kier alpha value is -2.62. The minimum Gasteiger partial charge on any atom is -0.364 e. The number of fused-ring (bicyclic) bond motifs is 1. The third-order valence-electron chi connectivity index (χ3n) is 6.59. The molecule has 2 heterocycles. The van der Waals surface area contributed by atoms with Gasteiger partial charge in [0, 0.05) is 29.0 Å². The van der Waals surface area contributed by atoms with Gasteiger partial charge in [0.2, 0.25) is 0 Å². The molecular weight excluding hydrogens is 360 g/mol. The van der Waals surface area contributed by atoms with Gasteiger partial charge in [-0.05, 0) is 49.6 Å². The zero-order chi connectivity index (χ0) is 20.9. The van der Waals surface area contributed by atoms with Crippen molar-refractivity contribution in [2.45, 2.75) is 64.8 Å². The van der Waals surface area contributed by atoms with Crippen molar-refractivity contribution < 1.29 is 9.59 Å². The Morgan fingerprint density at radius 3 is 2.45 bits per heavy atom. The van der Waals surface area contributed by atoms with E-state index in [0.29, 0.717) is 5.57 Å². The Morgan fingerprint density at radius 1 is 1.14 bits per heavy atom. The van der Waals surface area contributed by atoms with E-state index in [1.807, 2.05) is 26.0 Å². The van der Waals surface area contributed by atoms with Gasteiger partial charge in [-0.3, -0.25) is 9.59 Å². The van der Waals surface area contributed by atoms with Crippen molar-refractivity contribution in [3.8, 4) is 0 Å². The van der Waals surface area contributed by atoms with Crippen LogP contribution in [0, 0.1) is 13.8 Å². The third-order valence-corrected chi connectivity index (χ3v) is 6.59. The van der Waals surface area contributed by atoms with Gasteiger partial charge in [-0.1, -0.05) is 45.4 Å². The Bertz CT molecular complexity index is 994. The highest BCUT2D eigenvalue weighted by atomic mass is 16.2. The van der Waals surface area contributed by atoms with Crippen LogP contribution in [0.3, 0.4) is 0 Å². The lowest BCUT2D eigenvalue weighted by Crippen LogP contribution is -2.45. The molecule has 1 unspecified atom stereocenters. The SMILES string of the molecule is CCCCN1c2ccccc2C(C)(C)C1C=C1C(=O)C(c2[nH]c(C)cc2C)C1=O. The molecular formula is C25H30N2O2. The maximum absolute atomic E-state index is 13.0. The topological polar surface area (TPSA) is 53.2 Å². The zero-order valence-electron chi connectivity index (χ0n) is 18.0. The molecule has 4 nitrogen and oxygen atoms in total. The van der Waals surface area contributed by atoms with E-state index in [1.54, 1.807) is 0 Å². The van der Waals surface area contributed by atoms with E-state index in [1.165, 1.54) is 11.3 Å². The maximum atomic E-state index is 13.0. The lowest BCUT2D eigenvalue weighted by atomic mass is 9.71. The highest BCUT2D eigenvalue weighted by Gasteiger charge is 2.49. The molecule has 1 N–H and O–H groups in total. The Kier molecular flexibility index (Phi) is 4.76. The molecule has 1 saturated carbocycles. The van der Waals surface area contributed by atoms with Gasteiger partial charge in [-0.25, -0.2) is 0 Å². The average molecular weight is 391 g/mol. The van der Waals surface area contributed by atoms with Crippen LogP contribution in [-0.4, -0.2) is 29.1 Å². The van der Waals surface area contributed by atoms with E-state index in [-0.39, 0.29) is 23.0 Å². The number of hydrogen-bond donors (Lipinski definition) is 1. The van der Waals surface area contributed by atoms with Gasteiger partial charge in [0.15, 0.2) is 11.6 Å². The molecule has 2 aliphatic rings. The van der Waals surface area contributed by atoms with Crippen LogP contribution < -0.4 is 4.90 Å². The van der Waals surface area contributed by atoms with Gasteiger partial charge in [0.05, 0.1) is 11.6 Å². The summed E-state index contributed by atoms with van der Waals surface area (Å²) < 4.78 is 0. The van der Waals surface area contributed by atoms with E-state index in [4.69, 9.17) is 0 Å². The molecule has 1 aliphatic heterocycles. The molecule has 0 saturated heterocycles. The fourth-order valence-corrected chi connectivity index (χ4v) is 4.96. The molecule has 1 aromatic carbocycles. The molecule has 4 rings (SSSR count). The number of hydrogen-bond acceptors (Lipinski definition) is 3. The number of allylic oxidation sites excluding steroid dienone is 1. The third kappa shape index (κ3) is 2.97. The number of aromatic amines is 1. The van der Waals surface area contributed by atoms with Gasteiger partial charge >= 0.3 is 0 Å². The van der Waals surface area contributed by atoms with Crippen molar-refractivity contribution in [1.82, 2.24) is 4.98 Å². The number of nitrogens with zero attached hydrogens (tertiary/aromatic N) is 1. The van der Waals surface area contributed by atoms with Crippen LogP contribution in [0.1, 0.15) is 62.0 Å². The predicted octanol–water partition coefficient (Wildman–Crippen LogP) is 4.76. The fraction of sp³-hybridized carbons (Fsp3) is 0.440. The normalized spacial score (nSPS) is 22.7. The summed E-state index contributed by atoms with van der Waals surface area (Å²) >= 11 is 0. The predicted molar refractivity (Wildman–Crippen MR) is 117 cm³/mol. The summed E-state index contributed by atoms with van der Waals surface area (Å²) in [5, 5.41) is 0. The van der Waals surface area contributed by atoms with E-state index in [9.17, 15) is 9.59 Å². The van der Waals surface area contributed by atoms with Crippen LogP contribution in [0.2, 0.25) is 0 Å². The first-order chi connectivity index (χ1) is 13.8. The number of rotatable bonds is 5. The zero-order valence-corrected chi connectivity index (χ0v) is 18.0. The summed E-state index contributed by atoms with van der Waals surface area (Å²) in [5.41, 5.74) is 5.42. The smallest absolute Gasteiger partial charge is 0.183 e. The quantitative estimate of drug-likeness (QED) is 0.455. The maximum Gasteiger partial charge on any atom is 0.183 e. The average Bonchev–Trinajstić information content (AvgIpc) is 3.11. The molecule has 152 valence electrons. The van der Waals surface area contributed by atoms with Crippen molar-refractivity contribution in [2.75, 3.05) is 11.4 Å². The molecule has 2 aromatic rings. The highest BCUT2D eigenvalue weighted by Crippen LogP contribution is 2.47. The largest absolute Gasteiger partial charge is 0.364 e. The second kappa shape index (κ2) is 7.01. The molecule has 1 aromatic heterocycles. The Balaban J connectivity index is 1.69. The van der Waals surface area contributed by atoms with Crippen LogP contribution in [-0.2, 0) is 15.0 Å². The Labute approximate surface area is 173 Å². The number of unbranched alkanes of at least 4 members (excludes halogenated alkanes) is 1. The first-order valence-corrected chi connectivity index (χ1v) is 10.6. The molecule has 1 atom stereocenters. The van der Waals surface area contributed by atoms with Crippen LogP contribution in [0.25, 0.3) is 0 Å². The molecule has 0 radical (unpaired) electrons. The number of aromatic nitrogens is 1. The monoisotopic (exact) mass is 390 g/mol. The van der Waals surface area contributed by atoms with E-state index in [2.05, 4.69) is 54.9 Å². The van der Waals surface area contributed by atoms with Gasteiger partial charge in [-0.2, -0.15) is 0 Å². The number of ketones is 2. The number of para-hydroxylation sites is 1. The van der Waals surface area contributed by atoms with E-state index < -0.39 is 5.92 Å². The number of anilines is 1. The fourth-order valence-electron chi connectivity index (χ4n) is 4.96. The number of H-pyrrole nitrogens is 1. The minimum absolute atomic E-state index is 0.00164. The lowest BCUT2D eigenvalue weighted by molar-refractivity contribution is -0.133. The molecule has 1 aliphatic carbocycles. The van der Waals surface area contributed by atoms with Gasteiger partial charge in [0.1, 0.15) is 5.92 Å². The highest BCUT2D eigenvalue weighted by molar-refractivity contribution is 6.41. The summed E-state index contributed by atoms with van der Waals surface area (Å²) in [6.07, 6.45) is 4.13.